The van der Waals surface area contributed by atoms with Gasteiger partial charge < -0.3 is 9.63 Å². The Hall–Kier alpha value is -1.72. The lowest BCUT2D eigenvalue weighted by Crippen LogP contribution is -2.49. The lowest BCUT2D eigenvalue weighted by molar-refractivity contribution is -0.00806. The highest BCUT2D eigenvalue weighted by atomic mass is 16.5. The third-order valence-electron chi connectivity index (χ3n) is 3.15. The van der Waals surface area contributed by atoms with Crippen molar-refractivity contribution < 1.29 is 9.63 Å². The molecule has 1 aliphatic rings. The molecule has 0 atom stereocenters. The van der Waals surface area contributed by atoms with E-state index in [1.807, 2.05) is 31.2 Å². The van der Waals surface area contributed by atoms with Crippen molar-refractivity contribution in [3.63, 3.8) is 0 Å². The zero-order valence-corrected chi connectivity index (χ0v) is 10.2. The molecule has 0 saturated carbocycles. The Morgan fingerprint density at radius 3 is 2.89 bits per heavy atom. The summed E-state index contributed by atoms with van der Waals surface area (Å²) in [6.45, 7) is 4.00. The maximum absolute atomic E-state index is 9.21. The number of hydrogen-bond donors (Lipinski definition) is 1. The van der Waals surface area contributed by atoms with E-state index in [9.17, 15) is 5.11 Å². The van der Waals surface area contributed by atoms with E-state index in [1.54, 1.807) is 0 Å². The van der Waals surface area contributed by atoms with Gasteiger partial charge in [-0.05, 0) is 12.5 Å². The van der Waals surface area contributed by atoms with Crippen molar-refractivity contribution in [2.75, 3.05) is 13.1 Å². The standard InChI is InChI=1S/C13H15N3O2/c1-9-4-2-3-5-11(9)13-14-12(18-15-13)8-16-6-10(17)7-16/h2-5,10,17H,6-8H2,1H3. The summed E-state index contributed by atoms with van der Waals surface area (Å²) in [5, 5.41) is 13.2. The molecule has 0 bridgehead atoms. The number of hydrogen-bond acceptors (Lipinski definition) is 5. The zero-order valence-electron chi connectivity index (χ0n) is 10.2. The monoisotopic (exact) mass is 245 g/mol. The third kappa shape index (κ3) is 2.14. The van der Waals surface area contributed by atoms with E-state index in [2.05, 4.69) is 15.0 Å². The van der Waals surface area contributed by atoms with E-state index >= 15 is 0 Å². The normalized spacial score (nSPS) is 16.8. The van der Waals surface area contributed by atoms with Gasteiger partial charge in [-0.1, -0.05) is 29.4 Å². The van der Waals surface area contributed by atoms with E-state index in [1.165, 1.54) is 0 Å². The number of benzene rings is 1. The number of likely N-dealkylation sites (tertiary alicyclic amines) is 1. The summed E-state index contributed by atoms with van der Waals surface area (Å²) in [4.78, 5) is 6.46. The van der Waals surface area contributed by atoms with Gasteiger partial charge in [-0.25, -0.2) is 0 Å². The van der Waals surface area contributed by atoms with Crippen molar-refractivity contribution >= 4 is 0 Å². The summed E-state index contributed by atoms with van der Waals surface area (Å²) in [5.41, 5.74) is 2.13. The van der Waals surface area contributed by atoms with Crippen LogP contribution in [0.25, 0.3) is 11.4 Å². The van der Waals surface area contributed by atoms with Crippen molar-refractivity contribution in [2.45, 2.75) is 19.6 Å². The second-order valence-electron chi connectivity index (χ2n) is 4.67. The Labute approximate surface area is 105 Å². The zero-order chi connectivity index (χ0) is 12.5. The molecular weight excluding hydrogens is 230 g/mol. The van der Waals surface area contributed by atoms with Gasteiger partial charge in [0.15, 0.2) is 0 Å². The summed E-state index contributed by atoms with van der Waals surface area (Å²) in [5.74, 6) is 1.23. The average molecular weight is 245 g/mol. The summed E-state index contributed by atoms with van der Waals surface area (Å²) in [7, 11) is 0. The highest BCUT2D eigenvalue weighted by Gasteiger charge is 2.26. The molecule has 0 spiro atoms. The van der Waals surface area contributed by atoms with E-state index in [0.717, 1.165) is 11.1 Å². The first-order valence-electron chi connectivity index (χ1n) is 6.01. The molecule has 0 unspecified atom stereocenters. The Balaban J connectivity index is 1.75. The molecule has 1 N–H and O–H groups in total. The quantitative estimate of drug-likeness (QED) is 0.881. The van der Waals surface area contributed by atoms with Gasteiger partial charge in [0.05, 0.1) is 12.6 Å². The van der Waals surface area contributed by atoms with Gasteiger partial charge in [0.1, 0.15) is 0 Å². The molecule has 1 aliphatic heterocycles. The number of rotatable bonds is 3. The smallest absolute Gasteiger partial charge is 0.241 e. The fourth-order valence-corrected chi connectivity index (χ4v) is 2.12. The third-order valence-corrected chi connectivity index (χ3v) is 3.15. The highest BCUT2D eigenvalue weighted by molar-refractivity contribution is 5.58. The maximum Gasteiger partial charge on any atom is 0.241 e. The fourth-order valence-electron chi connectivity index (χ4n) is 2.12. The predicted molar refractivity (Wildman–Crippen MR) is 65.8 cm³/mol. The van der Waals surface area contributed by atoms with Crippen molar-refractivity contribution in [1.29, 1.82) is 0 Å². The number of aromatic nitrogens is 2. The van der Waals surface area contributed by atoms with Crippen LogP contribution in [0.3, 0.4) is 0 Å². The Morgan fingerprint density at radius 2 is 2.17 bits per heavy atom. The van der Waals surface area contributed by atoms with Crippen molar-refractivity contribution in [2.24, 2.45) is 0 Å². The van der Waals surface area contributed by atoms with Crippen LogP contribution in [0.5, 0.6) is 0 Å². The predicted octanol–water partition coefficient (Wildman–Crippen LogP) is 1.22. The molecule has 0 radical (unpaired) electrons. The summed E-state index contributed by atoms with van der Waals surface area (Å²) < 4.78 is 5.23. The van der Waals surface area contributed by atoms with Crippen LogP contribution in [0, 0.1) is 6.92 Å². The van der Waals surface area contributed by atoms with Crippen LogP contribution in [0.4, 0.5) is 0 Å². The van der Waals surface area contributed by atoms with Gasteiger partial charge in [-0.3, -0.25) is 4.90 Å². The Kier molecular flexibility index (Phi) is 2.85. The van der Waals surface area contributed by atoms with Gasteiger partial charge in [0.25, 0.3) is 0 Å². The summed E-state index contributed by atoms with van der Waals surface area (Å²) in [6.07, 6.45) is -0.205. The fraction of sp³-hybridized carbons (Fsp3) is 0.385. The first-order chi connectivity index (χ1) is 8.72. The lowest BCUT2D eigenvalue weighted by atomic mass is 10.1. The topological polar surface area (TPSA) is 62.4 Å². The molecule has 1 saturated heterocycles. The number of β-amino-alcohol motifs (C(OH)–C–C–N with tert-alkyl or cyclic N) is 1. The van der Waals surface area contributed by atoms with Gasteiger partial charge in [-0.2, -0.15) is 4.98 Å². The summed E-state index contributed by atoms with van der Waals surface area (Å²) in [6, 6.07) is 7.96. The number of aryl methyl sites for hydroxylation is 1. The van der Waals surface area contributed by atoms with E-state index < -0.39 is 0 Å². The van der Waals surface area contributed by atoms with E-state index in [4.69, 9.17) is 4.52 Å². The molecule has 5 nitrogen and oxygen atoms in total. The molecule has 0 aliphatic carbocycles. The molecule has 1 fully saturated rings. The Bertz CT molecular complexity index is 547. The van der Waals surface area contributed by atoms with Crippen molar-refractivity contribution in [3.05, 3.63) is 35.7 Å². The largest absolute Gasteiger partial charge is 0.390 e. The van der Waals surface area contributed by atoms with Crippen LogP contribution in [0.2, 0.25) is 0 Å². The first kappa shape index (κ1) is 11.4. The van der Waals surface area contributed by atoms with Crippen LogP contribution in [0.15, 0.2) is 28.8 Å². The molecule has 1 aromatic heterocycles. The molecule has 94 valence electrons. The average Bonchev–Trinajstić information content (AvgIpc) is 2.76. The Morgan fingerprint density at radius 1 is 1.39 bits per heavy atom. The second-order valence-corrected chi connectivity index (χ2v) is 4.67. The number of nitrogens with zero attached hydrogens (tertiary/aromatic N) is 3. The molecule has 1 aromatic carbocycles. The van der Waals surface area contributed by atoms with Gasteiger partial charge in [-0.15, -0.1) is 0 Å². The first-order valence-corrected chi connectivity index (χ1v) is 6.01. The minimum absolute atomic E-state index is 0.205. The molecular formula is C13H15N3O2. The van der Waals surface area contributed by atoms with Crippen molar-refractivity contribution in [1.82, 2.24) is 15.0 Å². The number of aliphatic hydroxyl groups is 1. The molecule has 0 amide bonds. The lowest BCUT2D eigenvalue weighted by Gasteiger charge is -2.34. The van der Waals surface area contributed by atoms with Gasteiger partial charge in [0, 0.05) is 18.7 Å². The van der Waals surface area contributed by atoms with Crippen LogP contribution in [-0.2, 0) is 6.54 Å². The SMILES string of the molecule is Cc1ccccc1-c1noc(CN2CC(O)C2)n1. The number of aliphatic hydroxyl groups excluding tert-OH is 1. The van der Waals surface area contributed by atoms with Crippen LogP contribution in [-0.4, -0.2) is 39.3 Å². The molecule has 18 heavy (non-hydrogen) atoms. The highest BCUT2D eigenvalue weighted by Crippen LogP contribution is 2.20. The minimum atomic E-state index is -0.205. The van der Waals surface area contributed by atoms with Crippen molar-refractivity contribution in [3.8, 4) is 11.4 Å². The second kappa shape index (κ2) is 4.51. The van der Waals surface area contributed by atoms with Gasteiger partial charge >= 0.3 is 0 Å². The summed E-state index contributed by atoms with van der Waals surface area (Å²) >= 11 is 0. The van der Waals surface area contributed by atoms with E-state index in [-0.39, 0.29) is 6.10 Å². The molecule has 3 rings (SSSR count). The molecule has 2 aromatic rings. The van der Waals surface area contributed by atoms with Crippen LogP contribution in [0.1, 0.15) is 11.5 Å². The van der Waals surface area contributed by atoms with Crippen LogP contribution < -0.4 is 0 Å². The van der Waals surface area contributed by atoms with E-state index in [0.29, 0.717) is 31.3 Å². The molecule has 5 heteroatoms. The minimum Gasteiger partial charge on any atom is -0.390 e. The molecule has 2 heterocycles. The van der Waals surface area contributed by atoms with Crippen LogP contribution >= 0.6 is 0 Å². The maximum atomic E-state index is 9.21. The van der Waals surface area contributed by atoms with Gasteiger partial charge in [0.2, 0.25) is 11.7 Å².